The first kappa shape index (κ1) is 33.3. The van der Waals surface area contributed by atoms with Crippen molar-refractivity contribution in [2.45, 2.75) is 71.6 Å². The Morgan fingerprint density at radius 1 is 0.543 bits per heavy atom. The normalized spacial score (nSPS) is 19.8. The van der Waals surface area contributed by atoms with Gasteiger partial charge in [0.05, 0.1) is 38.4 Å². The van der Waals surface area contributed by atoms with Gasteiger partial charge in [0.1, 0.15) is 24.4 Å². The molecule has 4 aromatic carbocycles. The molecule has 0 spiro atoms. The van der Waals surface area contributed by atoms with Crippen molar-refractivity contribution in [2.75, 3.05) is 6.61 Å². The van der Waals surface area contributed by atoms with Crippen LogP contribution in [0.25, 0.3) is 0 Å². The lowest BCUT2D eigenvalue weighted by molar-refractivity contribution is -0.193. The van der Waals surface area contributed by atoms with Gasteiger partial charge in [-0.2, -0.15) is 0 Å². The molecule has 0 bridgehead atoms. The molecule has 1 aliphatic rings. The molecule has 0 aliphatic heterocycles. The molecule has 0 radical (unpaired) electrons. The minimum atomic E-state index is -0.719. The van der Waals surface area contributed by atoms with Gasteiger partial charge in [-0.05, 0) is 54.7 Å². The number of carbonyl (C=O) groups excluding carboxylic acids is 1. The Kier molecular flexibility index (Phi) is 11.9. The van der Waals surface area contributed by atoms with Crippen LogP contribution < -0.4 is 0 Å². The molecular formula is C40H44O6. The zero-order chi connectivity index (χ0) is 32.2. The summed E-state index contributed by atoms with van der Waals surface area (Å²) in [5.74, 6) is -0.322. The van der Waals surface area contributed by atoms with Crippen molar-refractivity contribution >= 4 is 5.97 Å². The van der Waals surface area contributed by atoms with E-state index in [-0.39, 0.29) is 12.6 Å². The van der Waals surface area contributed by atoms with Crippen molar-refractivity contribution in [1.82, 2.24) is 0 Å². The zero-order valence-electron chi connectivity index (χ0n) is 26.9. The third-order valence-corrected chi connectivity index (χ3v) is 7.77. The summed E-state index contributed by atoms with van der Waals surface area (Å²) >= 11 is 0. The van der Waals surface area contributed by atoms with E-state index in [1.165, 1.54) is 0 Å². The molecule has 0 saturated carbocycles. The molecule has 0 aromatic heterocycles. The summed E-state index contributed by atoms with van der Waals surface area (Å²) in [6.45, 7) is 7.26. The van der Waals surface area contributed by atoms with E-state index in [0.717, 1.165) is 27.8 Å². The van der Waals surface area contributed by atoms with Crippen LogP contribution in [-0.4, -0.2) is 37.0 Å². The maximum atomic E-state index is 13.3. The lowest BCUT2D eigenvalue weighted by atomic mass is 9.88. The van der Waals surface area contributed by atoms with Crippen LogP contribution >= 0.6 is 0 Å². The molecule has 0 saturated heterocycles. The summed E-state index contributed by atoms with van der Waals surface area (Å²) in [5, 5.41) is 0. The van der Waals surface area contributed by atoms with Crippen molar-refractivity contribution in [2.24, 2.45) is 5.41 Å². The van der Waals surface area contributed by atoms with Gasteiger partial charge in [0.25, 0.3) is 0 Å². The van der Waals surface area contributed by atoms with Crippen molar-refractivity contribution in [1.29, 1.82) is 0 Å². The van der Waals surface area contributed by atoms with Gasteiger partial charge in [0.2, 0.25) is 0 Å². The van der Waals surface area contributed by atoms with Crippen LogP contribution in [-0.2, 0) is 54.9 Å². The second-order valence-corrected chi connectivity index (χ2v) is 12.6. The SMILES string of the molecule is CC(C)(C)C(=O)O[C@@H]1C=C(COCc2ccccc2)[C@@H](OCc2ccccc2)[C@H](OCc2ccccc2)[C@H]1OCc1ccccc1. The van der Waals surface area contributed by atoms with E-state index >= 15 is 0 Å². The average Bonchev–Trinajstić information content (AvgIpc) is 3.07. The average molecular weight is 621 g/mol. The molecule has 0 amide bonds. The Hall–Kier alpha value is -4.07. The molecule has 4 aromatic rings. The first-order valence-corrected chi connectivity index (χ1v) is 15.9. The van der Waals surface area contributed by atoms with Crippen LogP contribution in [0, 0.1) is 5.41 Å². The van der Waals surface area contributed by atoms with Crippen LogP contribution in [0.5, 0.6) is 0 Å². The monoisotopic (exact) mass is 620 g/mol. The predicted octanol–water partition coefficient (Wildman–Crippen LogP) is 7.86. The van der Waals surface area contributed by atoms with Gasteiger partial charge in [0.15, 0.2) is 0 Å². The van der Waals surface area contributed by atoms with Crippen molar-refractivity contribution < 1.29 is 28.5 Å². The van der Waals surface area contributed by atoms with Crippen LogP contribution in [0.4, 0.5) is 0 Å². The molecular weight excluding hydrogens is 576 g/mol. The van der Waals surface area contributed by atoms with Crippen LogP contribution in [0.15, 0.2) is 133 Å². The quantitative estimate of drug-likeness (QED) is 0.106. The topological polar surface area (TPSA) is 63.2 Å². The maximum absolute atomic E-state index is 13.3. The lowest BCUT2D eigenvalue weighted by Gasteiger charge is -2.42. The van der Waals surface area contributed by atoms with Crippen LogP contribution in [0.3, 0.4) is 0 Å². The number of hydrogen-bond acceptors (Lipinski definition) is 6. The van der Waals surface area contributed by atoms with Crippen LogP contribution in [0.1, 0.15) is 43.0 Å². The maximum Gasteiger partial charge on any atom is 0.311 e. The fourth-order valence-electron chi connectivity index (χ4n) is 5.23. The first-order chi connectivity index (χ1) is 22.4. The van der Waals surface area contributed by atoms with Gasteiger partial charge >= 0.3 is 5.97 Å². The van der Waals surface area contributed by atoms with Crippen molar-refractivity contribution in [3.8, 4) is 0 Å². The number of carbonyl (C=O) groups is 1. The van der Waals surface area contributed by atoms with Gasteiger partial charge in [-0.1, -0.05) is 121 Å². The molecule has 6 nitrogen and oxygen atoms in total. The Balaban J connectivity index is 1.49. The van der Waals surface area contributed by atoms with Gasteiger partial charge < -0.3 is 23.7 Å². The van der Waals surface area contributed by atoms with E-state index in [1.54, 1.807) is 0 Å². The zero-order valence-corrected chi connectivity index (χ0v) is 26.9. The van der Waals surface area contributed by atoms with E-state index in [2.05, 4.69) is 0 Å². The lowest BCUT2D eigenvalue weighted by Crippen LogP contribution is -2.54. The summed E-state index contributed by atoms with van der Waals surface area (Å²) in [7, 11) is 0. The molecule has 0 fully saturated rings. The molecule has 0 N–H and O–H groups in total. The standard InChI is InChI=1S/C40H44O6/c1-40(2,3)39(41)46-35-24-34(29-42-25-30-16-8-4-9-17-30)36(43-26-31-18-10-5-11-19-31)38(45-28-33-22-14-7-15-23-33)37(35)44-27-32-20-12-6-13-21-32/h4-24,35-38H,25-29H2,1-3H3/t35-,36-,37+,38+/m1/s1. The summed E-state index contributed by atoms with van der Waals surface area (Å²) in [4.78, 5) is 13.3. The first-order valence-electron chi connectivity index (χ1n) is 15.9. The van der Waals surface area contributed by atoms with E-state index in [1.807, 2.05) is 148 Å². The third-order valence-electron chi connectivity index (χ3n) is 7.77. The molecule has 4 atom stereocenters. The summed E-state index contributed by atoms with van der Waals surface area (Å²) in [6.07, 6.45) is -0.546. The number of hydrogen-bond donors (Lipinski definition) is 0. The summed E-state index contributed by atoms with van der Waals surface area (Å²) in [6, 6.07) is 40.1. The number of ether oxygens (including phenoxy) is 5. The molecule has 6 heteroatoms. The molecule has 0 heterocycles. The Morgan fingerprint density at radius 3 is 1.41 bits per heavy atom. The van der Waals surface area contributed by atoms with Crippen LogP contribution in [0.2, 0.25) is 0 Å². The van der Waals surface area contributed by atoms with Gasteiger partial charge in [-0.3, -0.25) is 4.79 Å². The molecule has 46 heavy (non-hydrogen) atoms. The summed E-state index contributed by atoms with van der Waals surface area (Å²) in [5.41, 5.74) is 4.27. The van der Waals surface area contributed by atoms with E-state index < -0.39 is 29.8 Å². The van der Waals surface area contributed by atoms with Gasteiger partial charge in [-0.15, -0.1) is 0 Å². The Bertz CT molecular complexity index is 1500. The molecule has 240 valence electrons. The molecule has 1 aliphatic carbocycles. The minimum absolute atomic E-state index is 0.272. The third kappa shape index (κ3) is 9.71. The Labute approximate surface area is 272 Å². The van der Waals surface area contributed by atoms with E-state index in [0.29, 0.717) is 26.4 Å². The smallest absolute Gasteiger partial charge is 0.311 e. The molecule has 5 rings (SSSR count). The minimum Gasteiger partial charge on any atom is -0.455 e. The van der Waals surface area contributed by atoms with E-state index in [9.17, 15) is 4.79 Å². The number of rotatable bonds is 14. The largest absolute Gasteiger partial charge is 0.455 e. The highest BCUT2D eigenvalue weighted by Gasteiger charge is 2.45. The highest BCUT2D eigenvalue weighted by Crippen LogP contribution is 2.33. The van der Waals surface area contributed by atoms with Crippen molar-refractivity contribution in [3.05, 3.63) is 155 Å². The summed E-state index contributed by atoms with van der Waals surface area (Å²) < 4.78 is 32.5. The second kappa shape index (κ2) is 16.5. The predicted molar refractivity (Wildman–Crippen MR) is 179 cm³/mol. The fraction of sp³-hybridized carbons (Fsp3) is 0.325. The highest BCUT2D eigenvalue weighted by molar-refractivity contribution is 5.75. The highest BCUT2D eigenvalue weighted by atomic mass is 16.6. The Morgan fingerprint density at radius 2 is 0.957 bits per heavy atom. The second-order valence-electron chi connectivity index (χ2n) is 12.6. The number of esters is 1. The molecule has 0 unspecified atom stereocenters. The van der Waals surface area contributed by atoms with E-state index in [4.69, 9.17) is 23.7 Å². The van der Waals surface area contributed by atoms with Crippen molar-refractivity contribution in [3.63, 3.8) is 0 Å². The fourth-order valence-corrected chi connectivity index (χ4v) is 5.23. The number of benzene rings is 4. The van der Waals surface area contributed by atoms with Gasteiger partial charge in [0, 0.05) is 0 Å². The van der Waals surface area contributed by atoms with Gasteiger partial charge in [-0.25, -0.2) is 0 Å².